The topological polar surface area (TPSA) is 12.5 Å². The van der Waals surface area contributed by atoms with Crippen LogP contribution in [-0.2, 0) is 4.74 Å². The molecule has 0 spiro atoms. The Morgan fingerprint density at radius 1 is 0.789 bits per heavy atom. The molecule has 0 aliphatic carbocycles. The fourth-order valence-corrected chi connectivity index (χ4v) is 3.78. The molecule has 0 aromatic heterocycles. The number of morpholine rings is 1. The van der Waals surface area contributed by atoms with Gasteiger partial charge in [-0.05, 0) is 25.8 Å². The number of likely N-dealkylation sites (N-methyl/N-ethyl adjacent to an activating group) is 1. The molecule has 2 aliphatic heterocycles. The van der Waals surface area contributed by atoms with Crippen LogP contribution in [0.1, 0.15) is 71.1 Å². The Morgan fingerprint density at radius 3 is 2.05 bits per heavy atom. The van der Waals surface area contributed by atoms with Crippen LogP contribution >= 0.6 is 0 Å². The third-order valence-corrected chi connectivity index (χ3v) is 5.30. The zero-order valence-electron chi connectivity index (χ0n) is 13.1. The Kier molecular flexibility index (Phi) is 6.66. The first-order chi connectivity index (χ1) is 9.29. The van der Waals surface area contributed by atoms with E-state index < -0.39 is 0 Å². The first-order valence-electron chi connectivity index (χ1n) is 8.58. The van der Waals surface area contributed by atoms with Crippen molar-refractivity contribution in [2.24, 2.45) is 5.92 Å². The minimum atomic E-state index is 0.654. The number of ether oxygens (including phenoxy) is 1. The molecule has 0 N–H and O–H groups in total. The summed E-state index contributed by atoms with van der Waals surface area (Å²) in [6, 6.07) is 1.32. The van der Waals surface area contributed by atoms with Gasteiger partial charge >= 0.3 is 0 Å². The molecule has 2 nitrogen and oxygen atoms in total. The van der Waals surface area contributed by atoms with Crippen molar-refractivity contribution in [1.82, 2.24) is 4.90 Å². The quantitative estimate of drug-likeness (QED) is 0.651. The maximum atomic E-state index is 5.90. The van der Waals surface area contributed by atoms with Crippen LogP contribution in [0.4, 0.5) is 0 Å². The summed E-state index contributed by atoms with van der Waals surface area (Å²) < 4.78 is 5.90. The van der Waals surface area contributed by atoms with Gasteiger partial charge in [0.2, 0.25) is 0 Å². The Morgan fingerprint density at radius 2 is 1.37 bits per heavy atom. The van der Waals surface area contributed by atoms with Crippen molar-refractivity contribution >= 4 is 0 Å². The average Bonchev–Trinajstić information content (AvgIpc) is 2.41. The highest BCUT2D eigenvalue weighted by molar-refractivity contribution is 4.84. The predicted octanol–water partition coefficient (Wildman–Crippen LogP) is 4.24. The molecule has 0 aromatic carbocycles. The maximum absolute atomic E-state index is 5.90. The van der Waals surface area contributed by atoms with Crippen molar-refractivity contribution in [3.8, 4) is 0 Å². The molecule has 0 saturated carbocycles. The van der Waals surface area contributed by atoms with Crippen LogP contribution in [-0.4, -0.2) is 37.2 Å². The highest BCUT2D eigenvalue weighted by Gasteiger charge is 2.31. The summed E-state index contributed by atoms with van der Waals surface area (Å²) >= 11 is 0. The zero-order valence-corrected chi connectivity index (χ0v) is 13.1. The predicted molar refractivity (Wildman–Crippen MR) is 81.5 cm³/mol. The summed E-state index contributed by atoms with van der Waals surface area (Å²) in [5.41, 5.74) is 0. The van der Waals surface area contributed by atoms with Crippen LogP contribution in [0.3, 0.4) is 0 Å². The van der Waals surface area contributed by atoms with Gasteiger partial charge < -0.3 is 4.74 Å². The van der Waals surface area contributed by atoms with Crippen molar-refractivity contribution in [2.75, 3.05) is 20.3 Å². The smallest absolute Gasteiger partial charge is 0.0625 e. The minimum Gasteiger partial charge on any atom is -0.378 e. The molecule has 3 atom stereocenters. The summed E-state index contributed by atoms with van der Waals surface area (Å²) in [5, 5.41) is 0. The summed E-state index contributed by atoms with van der Waals surface area (Å²) in [6.07, 6.45) is 14.2. The van der Waals surface area contributed by atoms with E-state index in [9.17, 15) is 0 Å². The Labute approximate surface area is 119 Å². The molecule has 2 saturated heterocycles. The van der Waals surface area contributed by atoms with Crippen molar-refractivity contribution in [2.45, 2.75) is 83.2 Å². The van der Waals surface area contributed by atoms with Gasteiger partial charge in [0.1, 0.15) is 0 Å². The molecule has 2 fully saturated rings. The third kappa shape index (κ3) is 4.75. The lowest BCUT2D eigenvalue weighted by Gasteiger charge is -2.42. The van der Waals surface area contributed by atoms with Gasteiger partial charge in [-0.15, -0.1) is 0 Å². The summed E-state index contributed by atoms with van der Waals surface area (Å²) in [6.45, 7) is 4.34. The van der Waals surface area contributed by atoms with E-state index in [1.807, 2.05) is 0 Å². The Bertz CT molecular complexity index is 243. The standard InChI is InChI=1S/C17H33NO/c1-15-11-9-7-5-3-4-6-8-10-12-16-13-19-14-17(15)18(16)2/h15-17H,3-14H2,1-2H3. The molecule has 2 rings (SSSR count). The van der Waals surface area contributed by atoms with Crippen LogP contribution in [0.5, 0.6) is 0 Å². The summed E-state index contributed by atoms with van der Waals surface area (Å²) in [5.74, 6) is 0.788. The second-order valence-corrected chi connectivity index (χ2v) is 6.81. The van der Waals surface area contributed by atoms with E-state index in [0.717, 1.165) is 19.1 Å². The van der Waals surface area contributed by atoms with E-state index in [0.29, 0.717) is 12.1 Å². The van der Waals surface area contributed by atoms with Gasteiger partial charge in [-0.25, -0.2) is 0 Å². The lowest BCUT2D eigenvalue weighted by atomic mass is 9.91. The summed E-state index contributed by atoms with van der Waals surface area (Å²) in [4.78, 5) is 2.64. The van der Waals surface area contributed by atoms with Gasteiger partial charge in [-0.3, -0.25) is 4.90 Å². The van der Waals surface area contributed by atoms with Crippen molar-refractivity contribution < 1.29 is 4.74 Å². The molecule has 0 aromatic rings. The second kappa shape index (κ2) is 8.26. The number of hydrogen-bond donors (Lipinski definition) is 0. The highest BCUT2D eigenvalue weighted by Crippen LogP contribution is 2.25. The van der Waals surface area contributed by atoms with Gasteiger partial charge in [-0.2, -0.15) is 0 Å². The number of nitrogens with zero attached hydrogens (tertiary/aromatic N) is 1. The minimum absolute atomic E-state index is 0.654. The molecule has 2 aliphatic rings. The van der Waals surface area contributed by atoms with E-state index >= 15 is 0 Å². The van der Waals surface area contributed by atoms with Crippen LogP contribution < -0.4 is 0 Å². The SMILES string of the molecule is CC1CCCCCCCCCCC2COCC1N2C. The summed E-state index contributed by atoms with van der Waals surface area (Å²) in [7, 11) is 2.33. The molecular weight excluding hydrogens is 234 g/mol. The van der Waals surface area contributed by atoms with Gasteiger partial charge in [0.25, 0.3) is 0 Å². The second-order valence-electron chi connectivity index (χ2n) is 6.81. The Hall–Kier alpha value is -0.0800. The Balaban J connectivity index is 1.90. The van der Waals surface area contributed by atoms with Gasteiger partial charge in [-0.1, -0.05) is 58.3 Å². The van der Waals surface area contributed by atoms with Crippen LogP contribution in [0.25, 0.3) is 0 Å². The van der Waals surface area contributed by atoms with E-state index in [1.165, 1.54) is 64.2 Å². The molecule has 0 amide bonds. The molecule has 0 radical (unpaired) electrons. The van der Waals surface area contributed by atoms with Gasteiger partial charge in [0.05, 0.1) is 13.2 Å². The number of fused-ring (bicyclic) bond motifs is 2. The molecule has 2 heterocycles. The van der Waals surface area contributed by atoms with Crippen molar-refractivity contribution in [3.63, 3.8) is 0 Å². The molecule has 112 valence electrons. The fraction of sp³-hybridized carbons (Fsp3) is 1.00. The monoisotopic (exact) mass is 267 g/mol. The van der Waals surface area contributed by atoms with E-state index in [4.69, 9.17) is 4.74 Å². The van der Waals surface area contributed by atoms with Crippen LogP contribution in [0.15, 0.2) is 0 Å². The molecule has 2 heteroatoms. The number of rotatable bonds is 0. The first-order valence-corrected chi connectivity index (χ1v) is 8.58. The molecule has 3 unspecified atom stereocenters. The van der Waals surface area contributed by atoms with Crippen LogP contribution in [0, 0.1) is 5.92 Å². The number of hydrogen-bond acceptors (Lipinski definition) is 2. The average molecular weight is 267 g/mol. The lowest BCUT2D eigenvalue weighted by Crippen LogP contribution is -2.52. The highest BCUT2D eigenvalue weighted by atomic mass is 16.5. The van der Waals surface area contributed by atoms with Crippen LogP contribution in [0.2, 0.25) is 0 Å². The molecule has 2 bridgehead atoms. The van der Waals surface area contributed by atoms with E-state index in [-0.39, 0.29) is 0 Å². The third-order valence-electron chi connectivity index (χ3n) is 5.30. The molecule has 19 heavy (non-hydrogen) atoms. The van der Waals surface area contributed by atoms with Gasteiger partial charge in [0, 0.05) is 12.1 Å². The largest absolute Gasteiger partial charge is 0.378 e. The maximum Gasteiger partial charge on any atom is 0.0625 e. The fourth-order valence-electron chi connectivity index (χ4n) is 3.78. The van der Waals surface area contributed by atoms with Gasteiger partial charge in [0.15, 0.2) is 0 Å². The normalized spacial score (nSPS) is 36.6. The van der Waals surface area contributed by atoms with Crippen molar-refractivity contribution in [3.05, 3.63) is 0 Å². The zero-order chi connectivity index (χ0) is 13.5. The van der Waals surface area contributed by atoms with E-state index in [2.05, 4.69) is 18.9 Å². The van der Waals surface area contributed by atoms with Crippen molar-refractivity contribution in [1.29, 1.82) is 0 Å². The first kappa shape index (κ1) is 15.3. The molecular formula is C17H33NO. The lowest BCUT2D eigenvalue weighted by molar-refractivity contribution is -0.0575. The van der Waals surface area contributed by atoms with E-state index in [1.54, 1.807) is 0 Å².